The lowest BCUT2D eigenvalue weighted by Crippen LogP contribution is -2.15. The fourth-order valence-corrected chi connectivity index (χ4v) is 1.25. The van der Waals surface area contributed by atoms with Gasteiger partial charge in [-0.1, -0.05) is 6.08 Å². The van der Waals surface area contributed by atoms with Gasteiger partial charge in [-0.05, 0) is 13.0 Å². The monoisotopic (exact) mass is 148 g/mol. The molecule has 1 aromatic rings. The van der Waals surface area contributed by atoms with E-state index in [0.29, 0.717) is 6.42 Å². The van der Waals surface area contributed by atoms with Gasteiger partial charge in [-0.2, -0.15) is 0 Å². The fourth-order valence-electron chi connectivity index (χ4n) is 1.25. The van der Waals surface area contributed by atoms with Crippen LogP contribution in [-0.2, 0) is 0 Å². The Hall–Kier alpha value is -1.38. The van der Waals surface area contributed by atoms with Crippen LogP contribution < -0.4 is 0 Å². The van der Waals surface area contributed by atoms with Crippen molar-refractivity contribution in [2.45, 2.75) is 13.3 Å². The molecule has 0 spiro atoms. The molecule has 0 fully saturated rings. The number of imidazole rings is 1. The lowest BCUT2D eigenvalue weighted by molar-refractivity contribution is 0.0912. The number of aromatic nitrogens is 2. The molecule has 0 bridgehead atoms. The summed E-state index contributed by atoms with van der Waals surface area (Å²) < 4.78 is 1.64. The summed E-state index contributed by atoms with van der Waals surface area (Å²) >= 11 is 0. The maximum absolute atomic E-state index is 11.2. The first-order valence-corrected chi connectivity index (χ1v) is 3.53. The Bertz CT molecular complexity index is 336. The van der Waals surface area contributed by atoms with Gasteiger partial charge in [-0.3, -0.25) is 9.36 Å². The summed E-state index contributed by atoms with van der Waals surface area (Å²) in [6.45, 7) is 1.88. The number of carbonyl (C=O) groups excluding carboxylic acids is 1. The number of rotatable bonds is 0. The molecule has 11 heavy (non-hydrogen) atoms. The van der Waals surface area contributed by atoms with E-state index in [2.05, 4.69) is 4.98 Å². The molecule has 56 valence electrons. The summed E-state index contributed by atoms with van der Waals surface area (Å²) in [6, 6.07) is 0. The number of hydrogen-bond donors (Lipinski definition) is 0. The predicted octanol–water partition coefficient (Wildman–Crippen LogP) is 1.25. The van der Waals surface area contributed by atoms with E-state index in [4.69, 9.17) is 0 Å². The Balaban J connectivity index is 2.67. The van der Waals surface area contributed by atoms with Gasteiger partial charge < -0.3 is 0 Å². The highest BCUT2D eigenvalue weighted by Gasteiger charge is 2.13. The third kappa shape index (κ3) is 0.808. The van der Waals surface area contributed by atoms with Crippen molar-refractivity contribution in [3.8, 4) is 0 Å². The average Bonchev–Trinajstić information content (AvgIpc) is 2.34. The predicted molar refractivity (Wildman–Crippen MR) is 41.2 cm³/mol. The van der Waals surface area contributed by atoms with Crippen molar-refractivity contribution < 1.29 is 4.79 Å². The van der Waals surface area contributed by atoms with E-state index in [1.807, 2.05) is 19.1 Å². The van der Waals surface area contributed by atoms with Crippen molar-refractivity contribution in [2.24, 2.45) is 0 Å². The SMILES string of the molecule is Cc1cnc2n1C(=O)CC=C2. The van der Waals surface area contributed by atoms with E-state index < -0.39 is 0 Å². The van der Waals surface area contributed by atoms with Crippen LogP contribution in [0.25, 0.3) is 6.08 Å². The minimum absolute atomic E-state index is 0.109. The Morgan fingerprint density at radius 3 is 3.18 bits per heavy atom. The summed E-state index contributed by atoms with van der Waals surface area (Å²) in [5, 5.41) is 0. The first kappa shape index (κ1) is 6.34. The number of aryl methyl sites for hydroxylation is 1. The van der Waals surface area contributed by atoms with Gasteiger partial charge in [-0.25, -0.2) is 4.98 Å². The van der Waals surface area contributed by atoms with Crippen LogP contribution in [0.4, 0.5) is 0 Å². The van der Waals surface area contributed by atoms with Crippen molar-refractivity contribution in [1.29, 1.82) is 0 Å². The molecule has 1 aliphatic rings. The lowest BCUT2D eigenvalue weighted by Gasteiger charge is -2.07. The standard InChI is InChI=1S/C8H8N2O/c1-6-5-9-7-3-2-4-8(11)10(6)7/h2-3,5H,4H2,1H3. The van der Waals surface area contributed by atoms with Crippen LogP contribution in [0.15, 0.2) is 12.3 Å². The van der Waals surface area contributed by atoms with Crippen LogP contribution in [-0.4, -0.2) is 15.5 Å². The third-order valence-electron chi connectivity index (χ3n) is 1.77. The largest absolute Gasteiger partial charge is 0.274 e. The highest BCUT2D eigenvalue weighted by atomic mass is 16.2. The first-order valence-electron chi connectivity index (χ1n) is 3.53. The molecular formula is C8H8N2O. The van der Waals surface area contributed by atoms with Crippen LogP contribution >= 0.6 is 0 Å². The quantitative estimate of drug-likeness (QED) is 0.555. The molecule has 0 amide bonds. The summed E-state index contributed by atoms with van der Waals surface area (Å²) in [4.78, 5) is 15.3. The minimum Gasteiger partial charge on any atom is -0.274 e. The maximum atomic E-state index is 11.2. The zero-order valence-corrected chi connectivity index (χ0v) is 6.24. The average molecular weight is 148 g/mol. The van der Waals surface area contributed by atoms with Crippen molar-refractivity contribution in [3.63, 3.8) is 0 Å². The van der Waals surface area contributed by atoms with E-state index in [1.54, 1.807) is 10.8 Å². The molecule has 0 N–H and O–H groups in total. The van der Waals surface area contributed by atoms with Crippen LogP contribution in [0.3, 0.4) is 0 Å². The molecule has 0 aromatic carbocycles. The van der Waals surface area contributed by atoms with Crippen LogP contribution in [0.5, 0.6) is 0 Å². The highest BCUT2D eigenvalue weighted by Crippen LogP contribution is 2.12. The molecule has 3 heteroatoms. The van der Waals surface area contributed by atoms with E-state index >= 15 is 0 Å². The second-order valence-corrected chi connectivity index (χ2v) is 2.59. The zero-order valence-electron chi connectivity index (χ0n) is 6.24. The molecule has 3 nitrogen and oxygen atoms in total. The Kier molecular flexibility index (Phi) is 1.18. The molecule has 2 rings (SSSR count). The molecule has 1 aliphatic heterocycles. The van der Waals surface area contributed by atoms with Gasteiger partial charge in [0.25, 0.3) is 0 Å². The Labute approximate surface area is 64.4 Å². The van der Waals surface area contributed by atoms with Gasteiger partial charge in [0, 0.05) is 18.3 Å². The smallest absolute Gasteiger partial charge is 0.236 e. The van der Waals surface area contributed by atoms with Gasteiger partial charge in [0.1, 0.15) is 5.82 Å². The summed E-state index contributed by atoms with van der Waals surface area (Å²) in [5.74, 6) is 0.858. The summed E-state index contributed by atoms with van der Waals surface area (Å²) in [5.41, 5.74) is 0.911. The van der Waals surface area contributed by atoms with Gasteiger partial charge in [0.15, 0.2) is 0 Å². The second-order valence-electron chi connectivity index (χ2n) is 2.59. The molecule has 0 atom stereocenters. The van der Waals surface area contributed by atoms with Crippen LogP contribution in [0.2, 0.25) is 0 Å². The third-order valence-corrected chi connectivity index (χ3v) is 1.77. The molecule has 0 radical (unpaired) electrons. The zero-order chi connectivity index (χ0) is 7.84. The summed E-state index contributed by atoms with van der Waals surface area (Å²) in [7, 11) is 0. The fraction of sp³-hybridized carbons (Fsp3) is 0.250. The normalized spacial score (nSPS) is 15.2. The Morgan fingerprint density at radius 2 is 2.45 bits per heavy atom. The molecule has 0 aliphatic carbocycles. The second kappa shape index (κ2) is 2.05. The van der Waals surface area contributed by atoms with Gasteiger partial charge in [0.05, 0.1) is 0 Å². The van der Waals surface area contributed by atoms with Gasteiger partial charge in [-0.15, -0.1) is 0 Å². The van der Waals surface area contributed by atoms with Crippen molar-refractivity contribution in [3.05, 3.63) is 23.8 Å². The molecule has 0 saturated heterocycles. The number of carbonyl (C=O) groups is 1. The highest BCUT2D eigenvalue weighted by molar-refractivity contribution is 5.85. The Morgan fingerprint density at radius 1 is 1.64 bits per heavy atom. The van der Waals surface area contributed by atoms with Crippen molar-refractivity contribution in [2.75, 3.05) is 0 Å². The van der Waals surface area contributed by atoms with E-state index in [-0.39, 0.29) is 5.91 Å². The summed E-state index contributed by atoms with van der Waals surface area (Å²) in [6.07, 6.45) is 5.91. The van der Waals surface area contributed by atoms with E-state index in [9.17, 15) is 4.79 Å². The van der Waals surface area contributed by atoms with Gasteiger partial charge >= 0.3 is 0 Å². The number of fused-ring (bicyclic) bond motifs is 1. The first-order chi connectivity index (χ1) is 5.29. The topological polar surface area (TPSA) is 34.9 Å². The molecule has 0 saturated carbocycles. The lowest BCUT2D eigenvalue weighted by atomic mass is 10.3. The van der Waals surface area contributed by atoms with Crippen LogP contribution in [0.1, 0.15) is 22.7 Å². The molecule has 0 unspecified atom stereocenters. The molecular weight excluding hydrogens is 140 g/mol. The molecule has 2 heterocycles. The minimum atomic E-state index is 0.109. The van der Waals surface area contributed by atoms with E-state index in [1.165, 1.54) is 0 Å². The number of hydrogen-bond acceptors (Lipinski definition) is 2. The van der Waals surface area contributed by atoms with E-state index in [0.717, 1.165) is 11.5 Å². The van der Waals surface area contributed by atoms with Crippen LogP contribution in [0, 0.1) is 6.92 Å². The molecule has 1 aromatic heterocycles. The van der Waals surface area contributed by atoms with Gasteiger partial charge in [0.2, 0.25) is 5.91 Å². The maximum Gasteiger partial charge on any atom is 0.236 e. The van der Waals surface area contributed by atoms with Crippen molar-refractivity contribution in [1.82, 2.24) is 9.55 Å². The number of nitrogens with zero attached hydrogens (tertiary/aromatic N) is 2. The number of allylic oxidation sites excluding steroid dienone is 1. The van der Waals surface area contributed by atoms with Crippen molar-refractivity contribution >= 4 is 12.0 Å².